The van der Waals surface area contributed by atoms with E-state index in [1.54, 1.807) is 6.20 Å². The number of anilines is 2. The smallest absolute Gasteiger partial charge is 0.244 e. The first-order valence-electron chi connectivity index (χ1n) is 13.0. The van der Waals surface area contributed by atoms with Crippen LogP contribution in [-0.2, 0) is 6.42 Å². The van der Waals surface area contributed by atoms with Gasteiger partial charge in [0.2, 0.25) is 5.88 Å². The molecule has 0 saturated heterocycles. The fourth-order valence-electron chi connectivity index (χ4n) is 5.16. The van der Waals surface area contributed by atoms with E-state index in [2.05, 4.69) is 59.5 Å². The number of nitrogens with one attached hydrogen (secondary N) is 2. The Kier molecular flexibility index (Phi) is 7.03. The van der Waals surface area contributed by atoms with Gasteiger partial charge in [-0.25, -0.2) is 4.98 Å². The van der Waals surface area contributed by atoms with Crippen LogP contribution in [0.5, 0.6) is 5.88 Å². The predicted octanol–water partition coefficient (Wildman–Crippen LogP) is 7.27. The maximum absolute atomic E-state index is 13.1. The molecule has 0 atom stereocenters. The normalized spacial score (nSPS) is 14.3. The summed E-state index contributed by atoms with van der Waals surface area (Å²) in [6, 6.07) is 15.9. The molecule has 2 N–H and O–H groups in total. The van der Waals surface area contributed by atoms with E-state index < -0.39 is 0 Å². The molecule has 186 valence electrons. The molecule has 0 bridgehead atoms. The number of rotatable bonds is 8. The fourth-order valence-corrected chi connectivity index (χ4v) is 5.16. The van der Waals surface area contributed by atoms with E-state index in [1.807, 2.05) is 30.3 Å². The molecule has 2 heterocycles. The average molecular weight is 483 g/mol. The van der Waals surface area contributed by atoms with E-state index in [-0.39, 0.29) is 11.9 Å². The van der Waals surface area contributed by atoms with Crippen LogP contribution in [0.25, 0.3) is 11.0 Å². The molecule has 0 aliphatic heterocycles. The summed E-state index contributed by atoms with van der Waals surface area (Å²) in [5.74, 6) is 1.15. The van der Waals surface area contributed by atoms with E-state index in [0.717, 1.165) is 35.2 Å². The highest BCUT2D eigenvalue weighted by Crippen LogP contribution is 2.33. The predicted molar refractivity (Wildman–Crippen MR) is 144 cm³/mol. The summed E-state index contributed by atoms with van der Waals surface area (Å²) in [7, 11) is 0. The van der Waals surface area contributed by atoms with Gasteiger partial charge in [-0.1, -0.05) is 50.6 Å². The molecule has 0 radical (unpaired) electrons. The van der Waals surface area contributed by atoms with Crippen molar-refractivity contribution >= 4 is 28.2 Å². The van der Waals surface area contributed by atoms with E-state index in [9.17, 15) is 4.79 Å². The maximum atomic E-state index is 13.1. The number of hydrogen-bond donors (Lipinski definition) is 2. The summed E-state index contributed by atoms with van der Waals surface area (Å²) >= 11 is 0. The van der Waals surface area contributed by atoms with Crippen LogP contribution in [-0.4, -0.2) is 27.1 Å². The van der Waals surface area contributed by atoms with Crippen LogP contribution in [0.3, 0.4) is 0 Å². The monoisotopic (exact) mass is 482 g/mol. The van der Waals surface area contributed by atoms with Crippen LogP contribution in [0.15, 0.2) is 54.7 Å². The average Bonchev–Trinajstić information content (AvgIpc) is 3.28. The highest BCUT2D eigenvalue weighted by Gasteiger charge is 2.20. The number of carbonyl (C=O) groups is 1. The lowest BCUT2D eigenvalue weighted by atomic mass is 9.94. The van der Waals surface area contributed by atoms with Crippen molar-refractivity contribution in [3.05, 3.63) is 77.0 Å². The third-order valence-electron chi connectivity index (χ3n) is 7.04. The third kappa shape index (κ3) is 5.27. The number of pyridine rings is 1. The molecule has 0 spiro atoms. The number of aromatic nitrogens is 3. The van der Waals surface area contributed by atoms with Crippen LogP contribution in [0.1, 0.15) is 78.9 Å². The van der Waals surface area contributed by atoms with Crippen LogP contribution in [0, 0.1) is 6.92 Å². The Morgan fingerprint density at radius 1 is 1.11 bits per heavy atom. The topological polar surface area (TPSA) is 79.9 Å². The van der Waals surface area contributed by atoms with Crippen molar-refractivity contribution in [3.63, 3.8) is 0 Å². The van der Waals surface area contributed by atoms with Gasteiger partial charge in [0, 0.05) is 23.9 Å². The quantitative estimate of drug-likeness (QED) is 0.258. The zero-order chi connectivity index (χ0) is 25.1. The van der Waals surface area contributed by atoms with Gasteiger partial charge < -0.3 is 10.1 Å². The number of ether oxygens (including phenoxy) is 1. The van der Waals surface area contributed by atoms with Gasteiger partial charge in [0.25, 0.3) is 0 Å². The van der Waals surface area contributed by atoms with Gasteiger partial charge in [0.15, 0.2) is 11.4 Å². The molecule has 0 unspecified atom stereocenters. The second-order valence-corrected chi connectivity index (χ2v) is 10.1. The Bertz CT molecular complexity index is 1370. The van der Waals surface area contributed by atoms with Gasteiger partial charge in [-0.3, -0.25) is 9.89 Å². The molecule has 2 aromatic carbocycles. The lowest BCUT2D eigenvalue weighted by Crippen LogP contribution is -2.19. The molecule has 2 aromatic heterocycles. The number of H-pyrrole nitrogens is 1. The minimum Gasteiger partial charge on any atom is -0.473 e. The van der Waals surface area contributed by atoms with E-state index in [0.29, 0.717) is 29.4 Å². The highest BCUT2D eigenvalue weighted by molar-refractivity contribution is 5.99. The Balaban J connectivity index is 1.34. The summed E-state index contributed by atoms with van der Waals surface area (Å²) in [6.45, 7) is 6.50. The standard InChI is InChI=1S/C30H34N4O2/c1-19(2)25-13-12-21(16-20(25)3)17-27(35)22-8-7-9-23(18-22)32-26-14-15-31-29-28(26)30(34-33-29)36-24-10-5-4-6-11-24/h7-9,12-16,18-19,24H,4-6,10-11,17H2,1-3H3,(H2,31,32,33,34). The number of fused-ring (bicyclic) bond motifs is 1. The van der Waals surface area contributed by atoms with Crippen LogP contribution < -0.4 is 10.1 Å². The number of aryl methyl sites for hydroxylation is 1. The number of aromatic amines is 1. The second-order valence-electron chi connectivity index (χ2n) is 10.1. The van der Waals surface area contributed by atoms with Gasteiger partial charge >= 0.3 is 0 Å². The zero-order valence-corrected chi connectivity index (χ0v) is 21.3. The van der Waals surface area contributed by atoms with Crippen LogP contribution in [0.2, 0.25) is 0 Å². The van der Waals surface area contributed by atoms with Crippen LogP contribution >= 0.6 is 0 Å². The molecule has 1 aliphatic rings. The Hall–Kier alpha value is -3.67. The molecule has 6 heteroatoms. The number of benzene rings is 2. The molecule has 1 fully saturated rings. The summed E-state index contributed by atoms with van der Waals surface area (Å²) in [5.41, 5.74) is 6.65. The summed E-state index contributed by atoms with van der Waals surface area (Å²) in [5, 5.41) is 11.7. The van der Waals surface area contributed by atoms with Gasteiger partial charge in [-0.15, -0.1) is 5.10 Å². The molecule has 6 nitrogen and oxygen atoms in total. The number of nitrogens with zero attached hydrogens (tertiary/aromatic N) is 2. The molecule has 36 heavy (non-hydrogen) atoms. The Morgan fingerprint density at radius 3 is 2.72 bits per heavy atom. The van der Waals surface area contributed by atoms with E-state index in [4.69, 9.17) is 4.74 Å². The summed E-state index contributed by atoms with van der Waals surface area (Å²) in [4.78, 5) is 17.5. The van der Waals surface area contributed by atoms with E-state index >= 15 is 0 Å². The SMILES string of the molecule is Cc1cc(CC(=O)c2cccc(Nc3ccnc4[nH]nc(OC5CCCCC5)c34)c2)ccc1C(C)C. The fraction of sp³-hybridized carbons (Fsp3) is 0.367. The number of hydrogen-bond acceptors (Lipinski definition) is 5. The molecule has 1 saturated carbocycles. The van der Waals surface area contributed by atoms with Crippen molar-refractivity contribution in [2.24, 2.45) is 0 Å². The number of ketones is 1. The third-order valence-corrected chi connectivity index (χ3v) is 7.04. The first-order valence-corrected chi connectivity index (χ1v) is 13.0. The highest BCUT2D eigenvalue weighted by atomic mass is 16.5. The molecular formula is C30H34N4O2. The number of Topliss-reactive ketones (excluding diaryl/α,β-unsaturated/α-hetero) is 1. The zero-order valence-electron chi connectivity index (χ0n) is 21.3. The van der Waals surface area contributed by atoms with Crippen molar-refractivity contribution in [2.45, 2.75) is 71.3 Å². The first-order chi connectivity index (χ1) is 17.5. The number of carbonyl (C=O) groups excluding carboxylic acids is 1. The minimum atomic E-state index is 0.0971. The minimum absolute atomic E-state index is 0.0971. The Labute approximate surface area is 212 Å². The molecule has 4 aromatic rings. The van der Waals surface area contributed by atoms with Gasteiger partial charge in [0.1, 0.15) is 11.5 Å². The lowest BCUT2D eigenvalue weighted by Gasteiger charge is -2.22. The van der Waals surface area contributed by atoms with Crippen molar-refractivity contribution in [3.8, 4) is 5.88 Å². The van der Waals surface area contributed by atoms with Crippen molar-refractivity contribution in [2.75, 3.05) is 5.32 Å². The van der Waals surface area contributed by atoms with Crippen molar-refractivity contribution in [1.29, 1.82) is 0 Å². The van der Waals surface area contributed by atoms with Crippen molar-refractivity contribution < 1.29 is 9.53 Å². The first kappa shape index (κ1) is 24.0. The maximum Gasteiger partial charge on any atom is 0.244 e. The summed E-state index contributed by atoms with van der Waals surface area (Å²) < 4.78 is 6.27. The Morgan fingerprint density at radius 2 is 1.94 bits per heavy atom. The lowest BCUT2D eigenvalue weighted by molar-refractivity contribution is 0.0993. The molecular weight excluding hydrogens is 448 g/mol. The van der Waals surface area contributed by atoms with E-state index in [1.165, 1.54) is 30.4 Å². The van der Waals surface area contributed by atoms with Crippen molar-refractivity contribution in [1.82, 2.24) is 15.2 Å². The van der Waals surface area contributed by atoms with Gasteiger partial charge in [-0.05, 0) is 73.4 Å². The molecule has 5 rings (SSSR count). The summed E-state index contributed by atoms with van der Waals surface area (Å²) in [6.07, 6.45) is 8.08. The molecule has 0 amide bonds. The largest absolute Gasteiger partial charge is 0.473 e. The van der Waals surface area contributed by atoms with Gasteiger partial charge in [-0.2, -0.15) is 0 Å². The molecule has 1 aliphatic carbocycles. The second kappa shape index (κ2) is 10.5. The van der Waals surface area contributed by atoms with Gasteiger partial charge in [0.05, 0.1) is 5.69 Å². The van der Waals surface area contributed by atoms with Crippen LogP contribution in [0.4, 0.5) is 11.4 Å².